The molecular formula is C22H27NOS. The molecular weight excluding hydrogens is 326 g/mol. The van der Waals surface area contributed by atoms with E-state index in [1.807, 2.05) is 31.7 Å². The molecule has 2 aromatic rings. The fourth-order valence-corrected chi connectivity index (χ4v) is 4.74. The molecule has 0 unspecified atom stereocenters. The highest BCUT2D eigenvalue weighted by molar-refractivity contribution is 8.00. The summed E-state index contributed by atoms with van der Waals surface area (Å²) < 4.78 is 0. The Hall–Kier alpha value is -1.74. The van der Waals surface area contributed by atoms with E-state index in [1.165, 1.54) is 42.6 Å². The molecule has 1 N–H and O–H groups in total. The summed E-state index contributed by atoms with van der Waals surface area (Å²) in [6, 6.07) is 15.0. The predicted molar refractivity (Wildman–Crippen MR) is 107 cm³/mol. The average molecular weight is 354 g/mol. The minimum Gasteiger partial charge on any atom is -0.348 e. The Morgan fingerprint density at radius 2 is 1.60 bits per heavy atom. The van der Waals surface area contributed by atoms with Crippen molar-refractivity contribution >= 4 is 17.7 Å². The fourth-order valence-electron chi connectivity index (χ4n) is 3.49. The van der Waals surface area contributed by atoms with Gasteiger partial charge in [0, 0.05) is 22.3 Å². The molecule has 25 heavy (non-hydrogen) atoms. The van der Waals surface area contributed by atoms with Gasteiger partial charge in [0.25, 0.3) is 5.91 Å². The van der Waals surface area contributed by atoms with E-state index < -0.39 is 0 Å². The van der Waals surface area contributed by atoms with Crippen LogP contribution in [0.25, 0.3) is 11.1 Å². The van der Waals surface area contributed by atoms with Crippen molar-refractivity contribution in [1.29, 1.82) is 0 Å². The van der Waals surface area contributed by atoms with E-state index in [9.17, 15) is 4.79 Å². The summed E-state index contributed by atoms with van der Waals surface area (Å²) in [4.78, 5) is 13.2. The molecule has 3 heteroatoms. The number of rotatable bonds is 3. The summed E-state index contributed by atoms with van der Waals surface area (Å²) in [6.07, 6.45) is 6.88. The van der Waals surface area contributed by atoms with Gasteiger partial charge in [-0.25, -0.2) is 0 Å². The van der Waals surface area contributed by atoms with Gasteiger partial charge in [0.15, 0.2) is 0 Å². The van der Waals surface area contributed by atoms with Crippen LogP contribution in [0.4, 0.5) is 0 Å². The molecule has 1 amide bonds. The molecule has 1 saturated carbocycles. The van der Waals surface area contributed by atoms with Crippen LogP contribution < -0.4 is 5.32 Å². The van der Waals surface area contributed by atoms with Crippen LogP contribution in [0.5, 0.6) is 0 Å². The minimum atomic E-state index is 0.0475. The molecule has 0 radical (unpaired) electrons. The monoisotopic (exact) mass is 353 g/mol. The van der Waals surface area contributed by atoms with E-state index >= 15 is 0 Å². The topological polar surface area (TPSA) is 29.1 Å². The van der Waals surface area contributed by atoms with Gasteiger partial charge in [-0.2, -0.15) is 0 Å². The van der Waals surface area contributed by atoms with Crippen LogP contribution in [0.3, 0.4) is 0 Å². The molecule has 1 fully saturated rings. The van der Waals surface area contributed by atoms with Crippen LogP contribution in [0.1, 0.15) is 61.9 Å². The summed E-state index contributed by atoms with van der Waals surface area (Å²) >= 11 is 2.02. The Morgan fingerprint density at radius 3 is 2.32 bits per heavy atom. The van der Waals surface area contributed by atoms with E-state index in [-0.39, 0.29) is 5.91 Å². The van der Waals surface area contributed by atoms with Gasteiger partial charge in [-0.1, -0.05) is 57.4 Å². The Bertz CT molecular complexity index is 717. The van der Waals surface area contributed by atoms with Crippen LogP contribution in [0.2, 0.25) is 0 Å². The van der Waals surface area contributed by atoms with Crippen LogP contribution in [-0.2, 0) is 6.54 Å². The summed E-state index contributed by atoms with van der Waals surface area (Å²) in [5.41, 5.74) is 4.22. The maximum Gasteiger partial charge on any atom is 0.251 e. The number of amides is 1. The van der Waals surface area contributed by atoms with Crippen molar-refractivity contribution in [3.05, 3.63) is 53.6 Å². The first-order valence-corrected chi connectivity index (χ1v) is 10.4. The Labute approximate surface area is 155 Å². The quantitative estimate of drug-likeness (QED) is 0.728. The van der Waals surface area contributed by atoms with E-state index in [0.29, 0.717) is 6.54 Å². The van der Waals surface area contributed by atoms with Crippen molar-refractivity contribution in [2.75, 3.05) is 0 Å². The highest BCUT2D eigenvalue weighted by Crippen LogP contribution is 2.34. The van der Waals surface area contributed by atoms with Crippen LogP contribution in [0.15, 0.2) is 47.4 Å². The van der Waals surface area contributed by atoms with E-state index in [0.717, 1.165) is 21.9 Å². The minimum absolute atomic E-state index is 0.0475. The second kappa shape index (κ2) is 8.57. The fraction of sp³-hybridized carbons (Fsp3) is 0.409. The summed E-state index contributed by atoms with van der Waals surface area (Å²) in [7, 11) is 0. The molecule has 1 heterocycles. The molecule has 2 nitrogen and oxygen atoms in total. The van der Waals surface area contributed by atoms with Gasteiger partial charge in [-0.3, -0.25) is 4.79 Å². The number of benzene rings is 2. The van der Waals surface area contributed by atoms with Gasteiger partial charge in [0.2, 0.25) is 0 Å². The number of nitrogens with one attached hydrogen (secondary N) is 1. The van der Waals surface area contributed by atoms with Gasteiger partial charge < -0.3 is 5.32 Å². The number of thioether (sulfide) groups is 1. The first-order chi connectivity index (χ1) is 12.3. The number of hydrogen-bond acceptors (Lipinski definition) is 2. The molecule has 0 bridgehead atoms. The molecule has 132 valence electrons. The lowest BCUT2D eigenvalue weighted by Gasteiger charge is -2.21. The van der Waals surface area contributed by atoms with Crippen LogP contribution >= 0.6 is 11.8 Å². The SMILES string of the molecule is CC.O=C1NCc2ccc(-c3ccc(SC4CCCCC4)cc3)cc21. The van der Waals surface area contributed by atoms with Crippen molar-refractivity contribution in [1.82, 2.24) is 5.32 Å². The lowest BCUT2D eigenvalue weighted by Crippen LogP contribution is -2.12. The molecule has 0 spiro atoms. The Balaban J connectivity index is 0.000000880. The summed E-state index contributed by atoms with van der Waals surface area (Å²) in [6.45, 7) is 4.66. The van der Waals surface area contributed by atoms with Gasteiger partial charge in [-0.15, -0.1) is 11.8 Å². The van der Waals surface area contributed by atoms with E-state index in [4.69, 9.17) is 0 Å². The zero-order valence-corrected chi connectivity index (χ0v) is 16.0. The molecule has 2 aliphatic rings. The smallest absolute Gasteiger partial charge is 0.251 e. The van der Waals surface area contributed by atoms with E-state index in [2.05, 4.69) is 41.7 Å². The molecule has 1 aliphatic heterocycles. The van der Waals surface area contributed by atoms with Crippen LogP contribution in [-0.4, -0.2) is 11.2 Å². The van der Waals surface area contributed by atoms with Gasteiger partial charge in [0.05, 0.1) is 0 Å². The lowest BCUT2D eigenvalue weighted by molar-refractivity contribution is 0.0966. The number of carbonyl (C=O) groups excluding carboxylic acids is 1. The van der Waals surface area contributed by atoms with Crippen molar-refractivity contribution in [2.24, 2.45) is 0 Å². The Kier molecular flexibility index (Phi) is 6.19. The number of carbonyl (C=O) groups is 1. The summed E-state index contributed by atoms with van der Waals surface area (Å²) in [5.74, 6) is 0.0475. The van der Waals surface area contributed by atoms with Gasteiger partial charge in [0.1, 0.15) is 0 Å². The highest BCUT2D eigenvalue weighted by atomic mass is 32.2. The van der Waals surface area contributed by atoms with Gasteiger partial charge >= 0.3 is 0 Å². The maximum atomic E-state index is 11.8. The zero-order chi connectivity index (χ0) is 17.6. The largest absolute Gasteiger partial charge is 0.348 e. The second-order valence-corrected chi connectivity index (χ2v) is 7.83. The number of hydrogen-bond donors (Lipinski definition) is 1. The average Bonchev–Trinajstić information content (AvgIpc) is 3.05. The highest BCUT2D eigenvalue weighted by Gasteiger charge is 2.19. The molecule has 2 aromatic carbocycles. The van der Waals surface area contributed by atoms with E-state index in [1.54, 1.807) is 0 Å². The van der Waals surface area contributed by atoms with Crippen LogP contribution in [0, 0.1) is 0 Å². The standard InChI is InChI=1S/C20H21NOS.C2H6/c22-20-19-12-15(6-7-16(19)13-21-20)14-8-10-18(11-9-14)23-17-4-2-1-3-5-17;1-2/h6-12,17H,1-5,13H2,(H,21,22);1-2H3. The van der Waals surface area contributed by atoms with Crippen molar-refractivity contribution < 1.29 is 4.79 Å². The molecule has 1 aliphatic carbocycles. The first-order valence-electron chi connectivity index (χ1n) is 9.48. The Morgan fingerprint density at radius 1 is 0.920 bits per heavy atom. The third-order valence-electron chi connectivity index (χ3n) is 4.84. The lowest BCUT2D eigenvalue weighted by atomic mass is 10.0. The first kappa shape index (κ1) is 18.1. The summed E-state index contributed by atoms with van der Waals surface area (Å²) in [5, 5.41) is 3.67. The molecule has 0 saturated heterocycles. The third-order valence-corrected chi connectivity index (χ3v) is 6.19. The third kappa shape index (κ3) is 4.27. The zero-order valence-electron chi connectivity index (χ0n) is 15.2. The van der Waals surface area contributed by atoms with Crippen molar-refractivity contribution in [3.8, 4) is 11.1 Å². The normalized spacial score (nSPS) is 16.6. The molecule has 4 rings (SSSR count). The maximum absolute atomic E-state index is 11.8. The molecule has 0 aromatic heterocycles. The predicted octanol–water partition coefficient (Wildman–Crippen LogP) is 6.05. The molecule has 0 atom stereocenters. The second-order valence-electron chi connectivity index (χ2n) is 6.46. The van der Waals surface area contributed by atoms with Crippen molar-refractivity contribution in [2.45, 2.75) is 62.6 Å². The number of fused-ring (bicyclic) bond motifs is 1. The van der Waals surface area contributed by atoms with Crippen molar-refractivity contribution in [3.63, 3.8) is 0 Å². The van der Waals surface area contributed by atoms with Gasteiger partial charge in [-0.05, 0) is 47.7 Å².